The number of nitrogens with zero attached hydrogens (tertiary/aromatic N) is 2. The fraction of sp³-hybridized carbons (Fsp3) is 0.455. The van der Waals surface area contributed by atoms with Crippen LogP contribution in [0.5, 0.6) is 5.75 Å². The van der Waals surface area contributed by atoms with E-state index < -0.39 is 0 Å². The minimum Gasteiger partial charge on any atom is -0.497 e. The first-order valence-corrected chi connectivity index (χ1v) is 10.2. The Hall–Kier alpha value is -2.67. The van der Waals surface area contributed by atoms with E-state index in [1.54, 1.807) is 24.3 Å². The highest BCUT2D eigenvalue weighted by molar-refractivity contribution is 5.89. The van der Waals surface area contributed by atoms with Crippen molar-refractivity contribution >= 4 is 11.7 Å². The molecular weight excluding hydrogens is 371 g/mol. The molecule has 0 radical (unpaired) electrons. The molecule has 1 saturated heterocycles. The van der Waals surface area contributed by atoms with Gasteiger partial charge in [-0.15, -0.1) is 0 Å². The summed E-state index contributed by atoms with van der Waals surface area (Å²) in [5.74, 6) is 0.186. The summed E-state index contributed by atoms with van der Waals surface area (Å²) in [6, 6.07) is 7.63. The summed E-state index contributed by atoms with van der Waals surface area (Å²) in [5, 5.41) is 5.62. The van der Waals surface area contributed by atoms with Crippen LogP contribution in [-0.4, -0.2) is 49.2 Å². The molecule has 1 aliphatic heterocycles. The number of anilines is 1. The number of ether oxygens (including phenoxy) is 1. The normalized spacial score (nSPS) is 14.4. The van der Waals surface area contributed by atoms with Crippen molar-refractivity contribution in [3.63, 3.8) is 0 Å². The van der Waals surface area contributed by atoms with Gasteiger partial charge in [-0.1, -0.05) is 6.42 Å². The van der Waals surface area contributed by atoms with Crippen molar-refractivity contribution in [2.75, 3.05) is 38.6 Å². The number of likely N-dealkylation sites (tertiary alicyclic amines) is 1. The van der Waals surface area contributed by atoms with Crippen LogP contribution in [0.1, 0.15) is 32.1 Å². The number of urea groups is 1. The first-order valence-electron chi connectivity index (χ1n) is 10.2. The third kappa shape index (κ3) is 6.42. The van der Waals surface area contributed by atoms with Gasteiger partial charge in [0.1, 0.15) is 11.6 Å². The van der Waals surface area contributed by atoms with Crippen LogP contribution in [0.2, 0.25) is 0 Å². The smallest absolute Gasteiger partial charge is 0.319 e. The number of methoxy groups -OCH3 is 1. The van der Waals surface area contributed by atoms with E-state index in [9.17, 15) is 9.18 Å². The SMILES string of the molecule is COc1ccc(F)c(-c2ccc(NC(=O)NCCCCN3CCCCC3)cn2)c1. The Morgan fingerprint density at radius 3 is 2.72 bits per heavy atom. The maximum atomic E-state index is 14.0. The monoisotopic (exact) mass is 400 g/mol. The zero-order valence-corrected chi connectivity index (χ0v) is 16.9. The Kier molecular flexibility index (Phi) is 7.81. The zero-order chi connectivity index (χ0) is 20.5. The molecule has 0 bridgehead atoms. The highest BCUT2D eigenvalue weighted by atomic mass is 19.1. The lowest BCUT2D eigenvalue weighted by Crippen LogP contribution is -2.32. The first-order chi connectivity index (χ1) is 14.2. The molecule has 29 heavy (non-hydrogen) atoms. The minimum absolute atomic E-state index is 0.259. The molecule has 2 amide bonds. The second kappa shape index (κ2) is 10.8. The molecule has 0 aliphatic carbocycles. The molecule has 0 unspecified atom stereocenters. The van der Waals surface area contributed by atoms with Crippen LogP contribution in [0, 0.1) is 5.82 Å². The van der Waals surface area contributed by atoms with E-state index in [4.69, 9.17) is 4.74 Å². The number of carbonyl (C=O) groups is 1. The average Bonchev–Trinajstić information content (AvgIpc) is 2.75. The molecule has 6 nitrogen and oxygen atoms in total. The van der Waals surface area contributed by atoms with Gasteiger partial charge in [0.05, 0.1) is 24.7 Å². The summed E-state index contributed by atoms with van der Waals surface area (Å²) in [7, 11) is 1.53. The summed E-state index contributed by atoms with van der Waals surface area (Å²) < 4.78 is 19.2. The third-order valence-electron chi connectivity index (χ3n) is 5.11. The molecule has 2 N–H and O–H groups in total. The molecule has 3 rings (SSSR count). The molecule has 0 spiro atoms. The summed E-state index contributed by atoms with van der Waals surface area (Å²) in [5.41, 5.74) is 1.39. The number of aromatic nitrogens is 1. The number of pyridine rings is 1. The molecule has 7 heteroatoms. The van der Waals surface area contributed by atoms with Gasteiger partial charge in [-0.05, 0) is 75.6 Å². The Balaban J connectivity index is 1.41. The third-order valence-corrected chi connectivity index (χ3v) is 5.11. The minimum atomic E-state index is -0.374. The van der Waals surface area contributed by atoms with Crippen molar-refractivity contribution < 1.29 is 13.9 Å². The van der Waals surface area contributed by atoms with Gasteiger partial charge < -0.3 is 20.3 Å². The van der Waals surface area contributed by atoms with E-state index in [-0.39, 0.29) is 11.8 Å². The number of rotatable bonds is 8. The number of hydrogen-bond acceptors (Lipinski definition) is 4. The van der Waals surface area contributed by atoms with Gasteiger partial charge in [0, 0.05) is 12.1 Å². The van der Waals surface area contributed by atoms with Crippen LogP contribution < -0.4 is 15.4 Å². The van der Waals surface area contributed by atoms with E-state index in [0.29, 0.717) is 29.2 Å². The van der Waals surface area contributed by atoms with E-state index in [0.717, 1.165) is 19.4 Å². The van der Waals surface area contributed by atoms with Gasteiger partial charge in [0.25, 0.3) is 0 Å². The van der Waals surface area contributed by atoms with Gasteiger partial charge in [-0.2, -0.15) is 0 Å². The predicted molar refractivity (Wildman–Crippen MR) is 113 cm³/mol. The zero-order valence-electron chi connectivity index (χ0n) is 16.9. The van der Waals surface area contributed by atoms with Crippen LogP contribution in [-0.2, 0) is 0 Å². The van der Waals surface area contributed by atoms with Crippen molar-refractivity contribution in [2.45, 2.75) is 32.1 Å². The second-order valence-electron chi connectivity index (χ2n) is 7.27. The molecule has 2 aromatic rings. The Bertz CT molecular complexity index is 792. The van der Waals surface area contributed by atoms with Crippen molar-refractivity contribution in [3.8, 4) is 17.0 Å². The lowest BCUT2D eigenvalue weighted by atomic mass is 10.1. The predicted octanol–water partition coefficient (Wildman–Crippen LogP) is 4.28. The van der Waals surface area contributed by atoms with Crippen molar-refractivity contribution in [1.29, 1.82) is 0 Å². The van der Waals surface area contributed by atoms with Gasteiger partial charge in [-0.25, -0.2) is 9.18 Å². The fourth-order valence-electron chi connectivity index (χ4n) is 3.48. The molecule has 2 heterocycles. The van der Waals surface area contributed by atoms with Crippen molar-refractivity contribution in [1.82, 2.24) is 15.2 Å². The van der Waals surface area contributed by atoms with Crippen LogP contribution >= 0.6 is 0 Å². The number of halogens is 1. The van der Waals surface area contributed by atoms with Gasteiger partial charge >= 0.3 is 6.03 Å². The molecule has 1 aromatic carbocycles. The van der Waals surface area contributed by atoms with Crippen LogP contribution in [0.15, 0.2) is 36.5 Å². The Labute approximate surface area is 171 Å². The maximum absolute atomic E-state index is 14.0. The van der Waals surface area contributed by atoms with Crippen molar-refractivity contribution in [2.24, 2.45) is 0 Å². The number of piperidine rings is 1. The molecule has 1 fully saturated rings. The summed E-state index contributed by atoms with van der Waals surface area (Å²) in [6.07, 6.45) is 7.52. The lowest BCUT2D eigenvalue weighted by Gasteiger charge is -2.26. The summed E-state index contributed by atoms with van der Waals surface area (Å²) in [4.78, 5) is 18.8. The molecule has 0 atom stereocenters. The van der Waals surface area contributed by atoms with E-state index >= 15 is 0 Å². The van der Waals surface area contributed by atoms with Gasteiger partial charge in [-0.3, -0.25) is 4.98 Å². The molecule has 1 aromatic heterocycles. The lowest BCUT2D eigenvalue weighted by molar-refractivity contribution is 0.224. The van der Waals surface area contributed by atoms with Gasteiger partial charge in [0.2, 0.25) is 0 Å². The van der Waals surface area contributed by atoms with Crippen molar-refractivity contribution in [3.05, 3.63) is 42.3 Å². The van der Waals surface area contributed by atoms with E-state index in [1.807, 2.05) is 0 Å². The Morgan fingerprint density at radius 1 is 1.17 bits per heavy atom. The number of nitrogens with one attached hydrogen (secondary N) is 2. The highest BCUT2D eigenvalue weighted by Crippen LogP contribution is 2.26. The van der Waals surface area contributed by atoms with E-state index in [2.05, 4.69) is 20.5 Å². The molecule has 156 valence electrons. The number of unbranched alkanes of at least 4 members (excludes halogenated alkanes) is 1. The van der Waals surface area contributed by atoms with Gasteiger partial charge in [0.15, 0.2) is 0 Å². The Morgan fingerprint density at radius 2 is 2.00 bits per heavy atom. The molecular formula is C22H29FN4O2. The molecule has 1 aliphatic rings. The fourth-order valence-corrected chi connectivity index (χ4v) is 3.48. The average molecular weight is 400 g/mol. The number of carbonyl (C=O) groups excluding carboxylic acids is 1. The van der Waals surface area contributed by atoms with E-state index in [1.165, 1.54) is 51.7 Å². The number of amides is 2. The quantitative estimate of drug-likeness (QED) is 0.649. The largest absolute Gasteiger partial charge is 0.497 e. The number of hydrogen-bond donors (Lipinski definition) is 2. The second-order valence-corrected chi connectivity index (χ2v) is 7.27. The van der Waals surface area contributed by atoms with Crippen LogP contribution in [0.25, 0.3) is 11.3 Å². The first kappa shape index (κ1) is 21.0. The van der Waals surface area contributed by atoms with Crippen LogP contribution in [0.3, 0.4) is 0 Å². The summed E-state index contributed by atoms with van der Waals surface area (Å²) in [6.45, 7) is 4.16. The summed E-state index contributed by atoms with van der Waals surface area (Å²) >= 11 is 0. The standard InChI is InChI=1S/C22H29FN4O2/c1-29-18-8-9-20(23)19(15-18)21-10-7-17(16-25-21)26-22(28)24-11-3-6-14-27-12-4-2-5-13-27/h7-10,15-16H,2-6,11-14H2,1H3,(H2,24,26,28). The number of benzene rings is 1. The highest BCUT2D eigenvalue weighted by Gasteiger charge is 2.10. The molecule has 0 saturated carbocycles. The maximum Gasteiger partial charge on any atom is 0.319 e. The topological polar surface area (TPSA) is 66.5 Å². The van der Waals surface area contributed by atoms with Crippen LogP contribution in [0.4, 0.5) is 14.9 Å².